The van der Waals surface area contributed by atoms with E-state index in [-0.39, 0.29) is 29.1 Å². The van der Waals surface area contributed by atoms with Crippen molar-refractivity contribution in [3.8, 4) is 0 Å². The topological polar surface area (TPSA) is 97.3 Å². The lowest BCUT2D eigenvalue weighted by Gasteiger charge is -2.30. The number of rotatable bonds is 4. The predicted octanol–water partition coefficient (Wildman–Crippen LogP) is 2.43. The maximum Gasteiger partial charge on any atom is 0.308 e. The fraction of sp³-hybridized carbons (Fsp3) is 0.182. The van der Waals surface area contributed by atoms with Crippen LogP contribution < -0.4 is 15.5 Å². The van der Waals surface area contributed by atoms with Gasteiger partial charge in [0.2, 0.25) is 17.7 Å². The summed E-state index contributed by atoms with van der Waals surface area (Å²) >= 11 is 2.23. The summed E-state index contributed by atoms with van der Waals surface area (Å²) in [4.78, 5) is 51.0. The average molecular weight is 452 g/mol. The van der Waals surface area contributed by atoms with E-state index in [1.54, 1.807) is 12.1 Å². The van der Waals surface area contributed by atoms with Crippen molar-refractivity contribution in [2.75, 3.05) is 5.32 Å². The molecule has 3 amide bonds. The molecule has 31 heavy (non-hydrogen) atoms. The van der Waals surface area contributed by atoms with Gasteiger partial charge in [-0.25, -0.2) is 0 Å². The molecule has 0 aliphatic carbocycles. The first-order valence-corrected chi connectivity index (χ1v) is 11.4. The van der Waals surface area contributed by atoms with E-state index in [1.807, 2.05) is 48.5 Å². The molecule has 3 heterocycles. The number of carbonyl (C=O) groups is 3. The van der Waals surface area contributed by atoms with Gasteiger partial charge in [-0.1, -0.05) is 71.6 Å². The van der Waals surface area contributed by atoms with E-state index in [9.17, 15) is 19.2 Å². The zero-order valence-corrected chi connectivity index (χ0v) is 17.7. The summed E-state index contributed by atoms with van der Waals surface area (Å²) in [5.74, 6) is -2.01. The number of thiazole rings is 1. The van der Waals surface area contributed by atoms with Crippen LogP contribution in [-0.4, -0.2) is 27.5 Å². The van der Waals surface area contributed by atoms with Crippen LogP contribution in [0.5, 0.6) is 0 Å². The van der Waals surface area contributed by atoms with Crippen LogP contribution in [0.15, 0.2) is 70.5 Å². The minimum atomic E-state index is -0.636. The standard InChI is InChI=1S/C22H17N3O4S2/c26-14(23-13-9-5-2-6-10-13)11-25-21-18(31-22(25)29)15(12-7-3-1-4-8-12)16-17(30-21)20(28)24-19(16)27/h1-10,15-17H,11H2,(H,23,26)(H,24,27,28)/t15-,16+,17-/m0/s1. The number of carbonyl (C=O) groups excluding carboxylic acids is 3. The number of hydrogen-bond donors (Lipinski definition) is 2. The monoisotopic (exact) mass is 451 g/mol. The summed E-state index contributed by atoms with van der Waals surface area (Å²) in [7, 11) is 0. The zero-order chi connectivity index (χ0) is 21.5. The summed E-state index contributed by atoms with van der Waals surface area (Å²) in [6.07, 6.45) is 0. The minimum Gasteiger partial charge on any atom is -0.325 e. The van der Waals surface area contributed by atoms with Crippen LogP contribution >= 0.6 is 23.1 Å². The first kappa shape index (κ1) is 19.8. The Hall–Kier alpha value is -3.17. The van der Waals surface area contributed by atoms with Gasteiger partial charge < -0.3 is 5.32 Å². The number of nitrogens with zero attached hydrogens (tertiary/aromatic N) is 1. The minimum absolute atomic E-state index is 0.166. The number of nitrogens with one attached hydrogen (secondary N) is 2. The lowest BCUT2D eigenvalue weighted by atomic mass is 9.83. The molecule has 3 aromatic rings. The van der Waals surface area contributed by atoms with Crippen molar-refractivity contribution in [3.05, 3.63) is 80.8 Å². The Morgan fingerprint density at radius 2 is 1.65 bits per heavy atom. The van der Waals surface area contributed by atoms with E-state index in [0.29, 0.717) is 10.7 Å². The number of benzene rings is 2. The molecular weight excluding hydrogens is 434 g/mol. The van der Waals surface area contributed by atoms with Crippen LogP contribution in [0, 0.1) is 5.92 Å². The van der Waals surface area contributed by atoms with Crippen molar-refractivity contribution < 1.29 is 14.4 Å². The number of para-hydroxylation sites is 1. The second-order valence-electron chi connectivity index (χ2n) is 7.34. The van der Waals surface area contributed by atoms with E-state index in [1.165, 1.54) is 16.3 Å². The fourth-order valence-corrected chi connectivity index (χ4v) is 6.80. The Labute approximate surface area is 185 Å². The van der Waals surface area contributed by atoms with Gasteiger partial charge in [-0.15, -0.1) is 0 Å². The summed E-state index contributed by atoms with van der Waals surface area (Å²) in [5.41, 5.74) is 1.51. The van der Waals surface area contributed by atoms with E-state index in [0.717, 1.165) is 21.8 Å². The molecule has 0 saturated carbocycles. The highest BCUT2D eigenvalue weighted by molar-refractivity contribution is 8.00. The van der Waals surface area contributed by atoms with Crippen molar-refractivity contribution in [1.82, 2.24) is 9.88 Å². The number of hydrogen-bond acceptors (Lipinski definition) is 6. The molecule has 156 valence electrons. The maximum atomic E-state index is 12.9. The van der Waals surface area contributed by atoms with E-state index in [2.05, 4.69) is 10.6 Å². The second-order valence-corrected chi connectivity index (χ2v) is 9.47. The number of fused-ring (bicyclic) bond motifs is 2. The van der Waals surface area contributed by atoms with Crippen LogP contribution in [0.4, 0.5) is 5.69 Å². The molecule has 2 aliphatic rings. The molecule has 0 unspecified atom stereocenters. The van der Waals surface area contributed by atoms with E-state index < -0.39 is 17.1 Å². The summed E-state index contributed by atoms with van der Waals surface area (Å²) in [6, 6.07) is 18.4. The third-order valence-electron chi connectivity index (χ3n) is 5.41. The Morgan fingerprint density at radius 3 is 2.35 bits per heavy atom. The van der Waals surface area contributed by atoms with Crippen LogP contribution in [0.2, 0.25) is 0 Å². The lowest BCUT2D eigenvalue weighted by Crippen LogP contribution is -2.32. The Morgan fingerprint density at radius 1 is 0.968 bits per heavy atom. The van der Waals surface area contributed by atoms with E-state index in [4.69, 9.17) is 0 Å². The number of anilines is 1. The van der Waals surface area contributed by atoms with Gasteiger partial charge in [0.1, 0.15) is 11.8 Å². The highest BCUT2D eigenvalue weighted by Gasteiger charge is 2.52. The molecule has 3 atom stereocenters. The normalized spacial score (nSPS) is 21.9. The number of imide groups is 1. The predicted molar refractivity (Wildman–Crippen MR) is 118 cm³/mol. The van der Waals surface area contributed by atoms with Crippen molar-refractivity contribution >= 4 is 46.5 Å². The van der Waals surface area contributed by atoms with Gasteiger partial charge in [0, 0.05) is 16.5 Å². The Bertz CT molecular complexity index is 1240. The third kappa shape index (κ3) is 3.49. The molecule has 7 nitrogen and oxygen atoms in total. The SMILES string of the molecule is O=C(Cn1c2c(sc1=O)[C@@H](c1ccccc1)[C@H]1C(=O)NC(=O)[C@H]1S2)Nc1ccccc1. The maximum absolute atomic E-state index is 12.9. The molecule has 2 N–H and O–H groups in total. The second kappa shape index (κ2) is 7.82. The molecule has 0 spiro atoms. The average Bonchev–Trinajstić information content (AvgIpc) is 3.23. The first-order chi connectivity index (χ1) is 15.0. The summed E-state index contributed by atoms with van der Waals surface area (Å²) in [5, 5.41) is 5.16. The highest BCUT2D eigenvalue weighted by atomic mass is 32.2. The van der Waals surface area contributed by atoms with Gasteiger partial charge in [-0.05, 0) is 17.7 Å². The molecule has 9 heteroatoms. The van der Waals surface area contributed by atoms with Gasteiger partial charge in [0.15, 0.2) is 0 Å². The van der Waals surface area contributed by atoms with Gasteiger partial charge in [0.05, 0.1) is 10.9 Å². The van der Waals surface area contributed by atoms with Crippen molar-refractivity contribution in [1.29, 1.82) is 0 Å². The number of thioether (sulfide) groups is 1. The van der Waals surface area contributed by atoms with Crippen molar-refractivity contribution in [3.63, 3.8) is 0 Å². The largest absolute Gasteiger partial charge is 0.325 e. The fourth-order valence-electron chi connectivity index (χ4n) is 4.06. The van der Waals surface area contributed by atoms with Crippen LogP contribution in [0.25, 0.3) is 0 Å². The summed E-state index contributed by atoms with van der Waals surface area (Å²) < 4.78 is 1.41. The van der Waals surface area contributed by atoms with Gasteiger partial charge in [-0.3, -0.25) is 29.1 Å². The smallest absolute Gasteiger partial charge is 0.308 e. The molecule has 1 saturated heterocycles. The highest BCUT2D eigenvalue weighted by Crippen LogP contribution is 2.51. The van der Waals surface area contributed by atoms with Crippen LogP contribution in [-0.2, 0) is 20.9 Å². The summed E-state index contributed by atoms with van der Waals surface area (Å²) in [6.45, 7) is -0.166. The van der Waals surface area contributed by atoms with Crippen LogP contribution in [0.1, 0.15) is 16.4 Å². The molecule has 1 fully saturated rings. The Kier molecular flexibility index (Phi) is 4.99. The van der Waals surface area contributed by atoms with Gasteiger partial charge in [0.25, 0.3) is 0 Å². The molecule has 1 aromatic heterocycles. The molecule has 5 rings (SSSR count). The Balaban J connectivity index is 1.54. The quantitative estimate of drug-likeness (QED) is 0.594. The number of aromatic nitrogens is 1. The van der Waals surface area contributed by atoms with Gasteiger partial charge >= 0.3 is 4.87 Å². The zero-order valence-electron chi connectivity index (χ0n) is 16.1. The third-order valence-corrected chi connectivity index (χ3v) is 8.02. The van der Waals surface area contributed by atoms with E-state index >= 15 is 0 Å². The number of amides is 3. The van der Waals surface area contributed by atoms with Crippen LogP contribution in [0.3, 0.4) is 0 Å². The first-order valence-electron chi connectivity index (χ1n) is 9.67. The molecule has 0 radical (unpaired) electrons. The van der Waals surface area contributed by atoms with Crippen molar-refractivity contribution in [2.45, 2.75) is 22.7 Å². The van der Waals surface area contributed by atoms with Crippen molar-refractivity contribution in [2.24, 2.45) is 5.92 Å². The van der Waals surface area contributed by atoms with Gasteiger partial charge in [-0.2, -0.15) is 0 Å². The molecule has 0 bridgehead atoms. The molecule has 2 aliphatic heterocycles. The lowest BCUT2D eigenvalue weighted by molar-refractivity contribution is -0.126. The molecular formula is C22H17N3O4S2. The molecule has 2 aromatic carbocycles.